The Labute approximate surface area is 104 Å². The van der Waals surface area contributed by atoms with Gasteiger partial charge in [0.1, 0.15) is 0 Å². The molecule has 88 valence electrons. The normalized spacial score (nSPS) is 24.8. The Morgan fingerprint density at radius 2 is 2.00 bits per heavy atom. The van der Waals surface area contributed by atoms with Crippen LogP contribution in [0.15, 0.2) is 22.7 Å². The van der Waals surface area contributed by atoms with Gasteiger partial charge in [0.05, 0.1) is 11.2 Å². The lowest BCUT2D eigenvalue weighted by Crippen LogP contribution is -2.41. The van der Waals surface area contributed by atoms with Crippen LogP contribution >= 0.6 is 15.9 Å². The lowest BCUT2D eigenvalue weighted by atomic mass is 10.0. The summed E-state index contributed by atoms with van der Waals surface area (Å²) in [6.07, 6.45) is 0. The van der Waals surface area contributed by atoms with Crippen LogP contribution in [0.25, 0.3) is 0 Å². The van der Waals surface area contributed by atoms with Crippen LogP contribution in [-0.2, 0) is 10.6 Å². The molecule has 0 aromatic heterocycles. The third-order valence-corrected chi connectivity index (χ3v) is 3.05. The van der Waals surface area contributed by atoms with Crippen molar-refractivity contribution in [3.05, 3.63) is 28.2 Å². The first-order chi connectivity index (χ1) is 7.22. The van der Waals surface area contributed by atoms with Crippen molar-refractivity contribution in [2.75, 3.05) is 5.06 Å². The Hall–Kier alpha value is -0.580. The highest BCUT2D eigenvalue weighted by molar-refractivity contribution is 9.10. The molecule has 1 N–H and O–H groups in total. The zero-order valence-electron chi connectivity index (χ0n) is 9.91. The third kappa shape index (κ3) is 1.85. The van der Waals surface area contributed by atoms with Gasteiger partial charge in [-0.05, 0) is 45.9 Å². The van der Waals surface area contributed by atoms with Crippen molar-refractivity contribution in [2.24, 2.45) is 0 Å². The smallest absolute Gasteiger partial charge is 0.217 e. The lowest BCUT2D eigenvalue weighted by molar-refractivity contribution is -0.201. The molecule has 0 amide bonds. The average molecular weight is 286 g/mol. The fraction of sp³-hybridized carbons (Fsp3) is 0.500. The molecule has 0 saturated carbocycles. The zero-order chi connectivity index (χ0) is 12.1. The molecule has 16 heavy (non-hydrogen) atoms. The number of benzene rings is 1. The van der Waals surface area contributed by atoms with Gasteiger partial charge in [0.15, 0.2) is 0 Å². The standard InChI is InChI=1S/C12H16BrNO2/c1-11(2,3)14-10-6-5-8(13)7-9(10)12(4,15)16-14/h5-7,15H,1-4H3. The molecular weight excluding hydrogens is 270 g/mol. The molecule has 0 bridgehead atoms. The molecule has 0 radical (unpaired) electrons. The fourth-order valence-corrected chi connectivity index (χ4v) is 2.19. The second-order valence-electron chi connectivity index (χ2n) is 5.20. The van der Waals surface area contributed by atoms with Crippen LogP contribution < -0.4 is 5.06 Å². The van der Waals surface area contributed by atoms with E-state index in [9.17, 15) is 5.11 Å². The van der Waals surface area contributed by atoms with Crippen molar-refractivity contribution >= 4 is 21.6 Å². The molecule has 1 aliphatic heterocycles. The van der Waals surface area contributed by atoms with Gasteiger partial charge in [0.25, 0.3) is 0 Å². The number of rotatable bonds is 0. The number of nitrogens with zero attached hydrogens (tertiary/aromatic N) is 1. The molecule has 0 spiro atoms. The molecule has 1 aromatic carbocycles. The first-order valence-corrected chi connectivity index (χ1v) is 6.03. The van der Waals surface area contributed by atoms with E-state index in [1.54, 1.807) is 12.0 Å². The van der Waals surface area contributed by atoms with Crippen LogP contribution in [0.5, 0.6) is 0 Å². The Balaban J connectivity index is 2.56. The van der Waals surface area contributed by atoms with Crippen molar-refractivity contribution in [3.63, 3.8) is 0 Å². The highest BCUT2D eigenvalue weighted by Gasteiger charge is 2.43. The summed E-state index contributed by atoms with van der Waals surface area (Å²) in [7, 11) is 0. The highest BCUT2D eigenvalue weighted by atomic mass is 79.9. The predicted octanol–water partition coefficient (Wildman–Crippen LogP) is 3.16. The summed E-state index contributed by atoms with van der Waals surface area (Å²) >= 11 is 3.40. The number of fused-ring (bicyclic) bond motifs is 1. The van der Waals surface area contributed by atoms with E-state index in [0.717, 1.165) is 15.7 Å². The van der Waals surface area contributed by atoms with Crippen LogP contribution in [0.1, 0.15) is 33.3 Å². The molecule has 1 atom stereocenters. The van der Waals surface area contributed by atoms with Crippen molar-refractivity contribution in [2.45, 2.75) is 39.0 Å². The molecular formula is C12H16BrNO2. The minimum Gasteiger partial charge on any atom is -0.360 e. The van der Waals surface area contributed by atoms with Gasteiger partial charge in [-0.1, -0.05) is 15.9 Å². The summed E-state index contributed by atoms with van der Waals surface area (Å²) in [5, 5.41) is 12.0. The number of hydrogen-bond acceptors (Lipinski definition) is 3. The molecule has 3 nitrogen and oxygen atoms in total. The second kappa shape index (κ2) is 3.45. The average Bonchev–Trinajstić information content (AvgIpc) is 2.38. The maximum atomic E-state index is 10.2. The van der Waals surface area contributed by atoms with Crippen LogP contribution in [0.3, 0.4) is 0 Å². The first-order valence-electron chi connectivity index (χ1n) is 5.23. The van der Waals surface area contributed by atoms with E-state index in [0.29, 0.717) is 0 Å². The fourth-order valence-electron chi connectivity index (χ4n) is 1.83. The molecule has 1 aromatic rings. The van der Waals surface area contributed by atoms with E-state index in [4.69, 9.17) is 4.84 Å². The number of halogens is 1. The van der Waals surface area contributed by atoms with Gasteiger partial charge in [0.2, 0.25) is 5.79 Å². The largest absolute Gasteiger partial charge is 0.360 e. The number of hydroxylamine groups is 1. The zero-order valence-corrected chi connectivity index (χ0v) is 11.5. The van der Waals surface area contributed by atoms with E-state index in [-0.39, 0.29) is 5.54 Å². The summed E-state index contributed by atoms with van der Waals surface area (Å²) < 4.78 is 0.936. The monoisotopic (exact) mass is 285 g/mol. The minimum absolute atomic E-state index is 0.191. The van der Waals surface area contributed by atoms with E-state index >= 15 is 0 Å². The molecule has 0 aliphatic carbocycles. The Bertz CT molecular complexity index is 424. The SMILES string of the molecule is CC1(O)ON(C(C)(C)C)c2ccc(Br)cc21. The van der Waals surface area contributed by atoms with E-state index in [1.165, 1.54) is 0 Å². The van der Waals surface area contributed by atoms with Crippen molar-refractivity contribution in [1.29, 1.82) is 0 Å². The van der Waals surface area contributed by atoms with Crippen LogP contribution in [0.4, 0.5) is 5.69 Å². The van der Waals surface area contributed by atoms with Crippen molar-refractivity contribution in [1.82, 2.24) is 0 Å². The lowest BCUT2D eigenvalue weighted by Gasteiger charge is -2.33. The summed E-state index contributed by atoms with van der Waals surface area (Å²) in [5.74, 6) is -1.26. The Morgan fingerprint density at radius 1 is 1.38 bits per heavy atom. The molecule has 0 fully saturated rings. The molecule has 4 heteroatoms. The summed E-state index contributed by atoms with van der Waals surface area (Å²) in [6.45, 7) is 7.78. The molecule has 0 saturated heterocycles. The van der Waals surface area contributed by atoms with E-state index < -0.39 is 5.79 Å². The Morgan fingerprint density at radius 3 is 2.56 bits per heavy atom. The number of anilines is 1. The quantitative estimate of drug-likeness (QED) is 0.795. The van der Waals surface area contributed by atoms with Crippen LogP contribution in [0, 0.1) is 0 Å². The predicted molar refractivity (Wildman–Crippen MR) is 67.0 cm³/mol. The first kappa shape index (κ1) is 11.9. The van der Waals surface area contributed by atoms with Gasteiger partial charge in [-0.15, -0.1) is 0 Å². The number of aliphatic hydroxyl groups is 1. The van der Waals surface area contributed by atoms with Gasteiger partial charge >= 0.3 is 0 Å². The maximum Gasteiger partial charge on any atom is 0.217 e. The molecule has 1 unspecified atom stereocenters. The van der Waals surface area contributed by atoms with Crippen LogP contribution in [-0.4, -0.2) is 10.6 Å². The summed E-state index contributed by atoms with van der Waals surface area (Å²) in [6, 6.07) is 5.79. The minimum atomic E-state index is -1.26. The van der Waals surface area contributed by atoms with Crippen molar-refractivity contribution in [3.8, 4) is 0 Å². The van der Waals surface area contributed by atoms with Gasteiger partial charge in [-0.2, -0.15) is 0 Å². The summed E-state index contributed by atoms with van der Waals surface area (Å²) in [4.78, 5) is 5.61. The number of hydrogen-bond donors (Lipinski definition) is 1. The second-order valence-corrected chi connectivity index (χ2v) is 6.12. The molecule has 2 rings (SSSR count). The van der Waals surface area contributed by atoms with Gasteiger partial charge in [-0.25, -0.2) is 9.90 Å². The topological polar surface area (TPSA) is 32.7 Å². The van der Waals surface area contributed by atoms with E-state index in [1.807, 2.05) is 39.0 Å². The Kier molecular flexibility index (Phi) is 2.57. The summed E-state index contributed by atoms with van der Waals surface area (Å²) in [5.41, 5.74) is 1.51. The van der Waals surface area contributed by atoms with Crippen LogP contribution in [0.2, 0.25) is 0 Å². The third-order valence-electron chi connectivity index (χ3n) is 2.56. The van der Waals surface area contributed by atoms with Gasteiger partial charge in [0, 0.05) is 10.0 Å². The van der Waals surface area contributed by atoms with E-state index in [2.05, 4.69) is 15.9 Å². The molecule has 1 heterocycles. The molecule has 1 aliphatic rings. The van der Waals surface area contributed by atoms with Crippen molar-refractivity contribution < 1.29 is 9.94 Å². The highest BCUT2D eigenvalue weighted by Crippen LogP contribution is 2.44. The van der Waals surface area contributed by atoms with Gasteiger partial charge in [-0.3, -0.25) is 0 Å². The maximum absolute atomic E-state index is 10.2. The van der Waals surface area contributed by atoms with Gasteiger partial charge < -0.3 is 5.11 Å².